The predicted molar refractivity (Wildman–Crippen MR) is 78.7 cm³/mol. The summed E-state index contributed by atoms with van der Waals surface area (Å²) >= 11 is 6.14. The summed E-state index contributed by atoms with van der Waals surface area (Å²) in [5.41, 5.74) is 2.66. The molecule has 1 unspecified atom stereocenters. The minimum absolute atomic E-state index is 0.0219. The first kappa shape index (κ1) is 16.0. The number of nitrogens with one attached hydrogen (secondary N) is 1. The van der Waals surface area contributed by atoms with E-state index in [9.17, 15) is 4.79 Å². The third-order valence-electron chi connectivity index (χ3n) is 3.11. The van der Waals surface area contributed by atoms with Crippen molar-refractivity contribution in [3.05, 3.63) is 28.3 Å². The van der Waals surface area contributed by atoms with Crippen molar-refractivity contribution in [3.8, 4) is 0 Å². The number of hydrogen-bond donors (Lipinski definition) is 2. The first-order chi connectivity index (χ1) is 8.85. The van der Waals surface area contributed by atoms with E-state index in [1.165, 1.54) is 0 Å². The van der Waals surface area contributed by atoms with Gasteiger partial charge in [-0.15, -0.1) is 0 Å². The molecule has 106 valence electrons. The van der Waals surface area contributed by atoms with E-state index in [1.54, 1.807) is 11.9 Å². The number of halogens is 1. The molecule has 1 atom stereocenters. The van der Waals surface area contributed by atoms with E-state index >= 15 is 0 Å². The van der Waals surface area contributed by atoms with Crippen molar-refractivity contribution < 1.29 is 9.90 Å². The molecule has 2 N–H and O–H groups in total. The molecule has 0 bridgehead atoms. The third-order valence-corrected chi connectivity index (χ3v) is 3.40. The molecular weight excluding hydrogens is 264 g/mol. The average Bonchev–Trinajstić information content (AvgIpc) is 2.32. The number of amides is 1. The number of carbonyl (C=O) groups excluding carboxylic acids is 1. The first-order valence-corrected chi connectivity index (χ1v) is 6.60. The molecule has 1 rings (SSSR count). The Kier molecular flexibility index (Phi) is 5.79. The summed E-state index contributed by atoms with van der Waals surface area (Å²) < 4.78 is 0. The smallest absolute Gasteiger partial charge is 0.238 e. The second kappa shape index (κ2) is 6.89. The molecule has 0 heterocycles. The van der Waals surface area contributed by atoms with Gasteiger partial charge in [-0.1, -0.05) is 17.7 Å². The summed E-state index contributed by atoms with van der Waals surface area (Å²) in [6.07, 6.45) is 0. The summed E-state index contributed by atoms with van der Waals surface area (Å²) in [5.74, 6) is -0.142. The highest BCUT2D eigenvalue weighted by Crippen LogP contribution is 2.27. The summed E-state index contributed by atoms with van der Waals surface area (Å²) in [4.78, 5) is 13.7. The lowest BCUT2D eigenvalue weighted by Gasteiger charge is -2.22. The highest BCUT2D eigenvalue weighted by molar-refractivity contribution is 6.34. The topological polar surface area (TPSA) is 52.6 Å². The van der Waals surface area contributed by atoms with Crippen molar-refractivity contribution in [2.45, 2.75) is 26.8 Å². The van der Waals surface area contributed by atoms with Gasteiger partial charge >= 0.3 is 0 Å². The zero-order chi connectivity index (χ0) is 14.6. The summed E-state index contributed by atoms with van der Waals surface area (Å²) in [5, 5.41) is 12.4. The maximum atomic E-state index is 11.9. The van der Waals surface area contributed by atoms with Crippen molar-refractivity contribution in [2.75, 3.05) is 25.5 Å². The second-order valence-electron chi connectivity index (χ2n) is 4.93. The van der Waals surface area contributed by atoms with Gasteiger partial charge in [0.1, 0.15) is 0 Å². The number of rotatable bonds is 5. The van der Waals surface area contributed by atoms with Crippen LogP contribution in [0.15, 0.2) is 12.1 Å². The standard InChI is InChI=1S/C14H21ClN2O2/c1-9-5-10(2)14(12(15)6-9)16-13(19)7-17(4)11(3)8-18/h5-6,11,18H,7-8H2,1-4H3,(H,16,19). The molecular formula is C14H21ClN2O2. The Morgan fingerprint density at radius 2 is 2.11 bits per heavy atom. The Labute approximate surface area is 119 Å². The summed E-state index contributed by atoms with van der Waals surface area (Å²) in [6.45, 7) is 5.96. The molecule has 0 spiro atoms. The Morgan fingerprint density at radius 1 is 1.47 bits per heavy atom. The van der Waals surface area contributed by atoms with E-state index in [-0.39, 0.29) is 25.1 Å². The van der Waals surface area contributed by atoms with Gasteiger partial charge in [0.25, 0.3) is 0 Å². The maximum absolute atomic E-state index is 11.9. The first-order valence-electron chi connectivity index (χ1n) is 6.22. The fraction of sp³-hybridized carbons (Fsp3) is 0.500. The van der Waals surface area contributed by atoms with Crippen molar-refractivity contribution in [1.82, 2.24) is 4.90 Å². The Bertz CT molecular complexity index is 440. The van der Waals surface area contributed by atoms with Crippen LogP contribution in [0.4, 0.5) is 5.69 Å². The summed E-state index contributed by atoms with van der Waals surface area (Å²) in [7, 11) is 1.80. The van der Waals surface area contributed by atoms with E-state index in [0.29, 0.717) is 10.7 Å². The molecule has 0 fully saturated rings. The van der Waals surface area contributed by atoms with E-state index in [2.05, 4.69) is 5.32 Å². The van der Waals surface area contributed by atoms with E-state index in [0.717, 1.165) is 11.1 Å². The molecule has 0 radical (unpaired) electrons. The predicted octanol–water partition coefficient (Wildman–Crippen LogP) is 2.21. The number of hydrogen-bond acceptors (Lipinski definition) is 3. The van der Waals surface area contributed by atoms with Crippen molar-refractivity contribution >= 4 is 23.2 Å². The van der Waals surface area contributed by atoms with Crippen LogP contribution in [-0.2, 0) is 4.79 Å². The second-order valence-corrected chi connectivity index (χ2v) is 5.34. The molecule has 1 aromatic rings. The number of benzene rings is 1. The molecule has 0 aliphatic heterocycles. The molecule has 0 aliphatic carbocycles. The lowest BCUT2D eigenvalue weighted by molar-refractivity contribution is -0.117. The maximum Gasteiger partial charge on any atom is 0.238 e. The molecule has 0 aliphatic rings. The highest BCUT2D eigenvalue weighted by Gasteiger charge is 2.14. The van der Waals surface area contributed by atoms with Crippen molar-refractivity contribution in [2.24, 2.45) is 0 Å². The van der Waals surface area contributed by atoms with E-state index in [4.69, 9.17) is 16.7 Å². The zero-order valence-corrected chi connectivity index (χ0v) is 12.6. The largest absolute Gasteiger partial charge is 0.395 e. The molecule has 1 aromatic carbocycles. The number of aliphatic hydroxyl groups is 1. The van der Waals surface area contributed by atoms with Gasteiger partial charge in [-0.2, -0.15) is 0 Å². The normalized spacial score (nSPS) is 12.6. The molecule has 19 heavy (non-hydrogen) atoms. The van der Waals surface area contributed by atoms with Crippen molar-refractivity contribution in [1.29, 1.82) is 0 Å². The van der Waals surface area contributed by atoms with Crippen LogP contribution in [0.5, 0.6) is 0 Å². The van der Waals surface area contributed by atoms with Gasteiger partial charge in [0, 0.05) is 6.04 Å². The van der Waals surface area contributed by atoms with Crippen LogP contribution < -0.4 is 5.32 Å². The fourth-order valence-corrected chi connectivity index (χ4v) is 2.14. The van der Waals surface area contributed by atoms with E-state index < -0.39 is 0 Å². The van der Waals surface area contributed by atoms with Crippen LogP contribution in [0.3, 0.4) is 0 Å². The number of likely N-dealkylation sites (N-methyl/N-ethyl adjacent to an activating group) is 1. The van der Waals surface area contributed by atoms with Crippen LogP contribution in [0.1, 0.15) is 18.1 Å². The monoisotopic (exact) mass is 284 g/mol. The van der Waals surface area contributed by atoms with Crippen LogP contribution >= 0.6 is 11.6 Å². The van der Waals surface area contributed by atoms with Gasteiger partial charge in [0.05, 0.1) is 23.9 Å². The minimum Gasteiger partial charge on any atom is -0.395 e. The quantitative estimate of drug-likeness (QED) is 0.872. The molecule has 5 heteroatoms. The molecule has 4 nitrogen and oxygen atoms in total. The van der Waals surface area contributed by atoms with Crippen LogP contribution in [0.25, 0.3) is 0 Å². The Morgan fingerprint density at radius 3 is 2.63 bits per heavy atom. The van der Waals surface area contributed by atoms with Gasteiger partial charge in [0.2, 0.25) is 5.91 Å². The van der Waals surface area contributed by atoms with Gasteiger partial charge in [-0.25, -0.2) is 0 Å². The number of aliphatic hydroxyl groups excluding tert-OH is 1. The van der Waals surface area contributed by atoms with Gasteiger partial charge in [-0.3, -0.25) is 9.69 Å². The van der Waals surface area contributed by atoms with E-state index in [1.807, 2.05) is 32.9 Å². The summed E-state index contributed by atoms with van der Waals surface area (Å²) in [6, 6.07) is 3.74. The number of anilines is 1. The Hall–Kier alpha value is -1.10. The minimum atomic E-state index is -0.142. The SMILES string of the molecule is Cc1cc(C)c(NC(=O)CN(C)C(C)CO)c(Cl)c1. The van der Waals surface area contributed by atoms with Crippen LogP contribution in [0, 0.1) is 13.8 Å². The highest BCUT2D eigenvalue weighted by atomic mass is 35.5. The lowest BCUT2D eigenvalue weighted by atomic mass is 10.1. The average molecular weight is 285 g/mol. The van der Waals surface area contributed by atoms with Gasteiger partial charge < -0.3 is 10.4 Å². The van der Waals surface area contributed by atoms with Crippen molar-refractivity contribution in [3.63, 3.8) is 0 Å². The fourth-order valence-electron chi connectivity index (χ4n) is 1.77. The molecule has 0 saturated heterocycles. The number of carbonyl (C=O) groups is 1. The van der Waals surface area contributed by atoms with Gasteiger partial charge in [-0.05, 0) is 45.0 Å². The van der Waals surface area contributed by atoms with Gasteiger partial charge in [0.15, 0.2) is 0 Å². The van der Waals surface area contributed by atoms with Crippen LogP contribution in [0.2, 0.25) is 5.02 Å². The third kappa shape index (κ3) is 4.49. The lowest BCUT2D eigenvalue weighted by Crippen LogP contribution is -2.38. The molecule has 0 aromatic heterocycles. The number of nitrogens with zero attached hydrogens (tertiary/aromatic N) is 1. The van der Waals surface area contributed by atoms with Crippen LogP contribution in [-0.4, -0.2) is 42.2 Å². The number of aryl methyl sites for hydroxylation is 2. The molecule has 1 amide bonds. The zero-order valence-electron chi connectivity index (χ0n) is 11.8. The molecule has 0 saturated carbocycles. The Balaban J connectivity index is 2.73.